The molecule has 0 aliphatic heterocycles. The van der Waals surface area contributed by atoms with Gasteiger partial charge in [-0.2, -0.15) is 0 Å². The van der Waals surface area contributed by atoms with E-state index in [1.54, 1.807) is 30.5 Å². The van der Waals surface area contributed by atoms with Crippen molar-refractivity contribution in [1.82, 2.24) is 10.3 Å². The molecule has 0 aliphatic rings. The number of nitrogens with zero attached hydrogens (tertiary/aromatic N) is 1. The highest BCUT2D eigenvalue weighted by Gasteiger charge is 2.27. The zero-order valence-electron chi connectivity index (χ0n) is 16.6. The van der Waals surface area contributed by atoms with Gasteiger partial charge in [-0.15, -0.1) is 0 Å². The second kappa shape index (κ2) is 8.37. The Labute approximate surface area is 160 Å². The first-order valence-corrected chi connectivity index (χ1v) is 8.96. The van der Waals surface area contributed by atoms with Crippen molar-refractivity contribution in [2.24, 2.45) is 5.41 Å². The summed E-state index contributed by atoms with van der Waals surface area (Å²) in [5.74, 6) is 0.492. The van der Waals surface area contributed by atoms with Crippen molar-refractivity contribution in [3.63, 3.8) is 0 Å². The minimum Gasteiger partial charge on any atom is -0.485 e. The molecule has 0 aliphatic carbocycles. The molecule has 0 spiro atoms. The van der Waals surface area contributed by atoms with E-state index in [-0.39, 0.29) is 29.4 Å². The van der Waals surface area contributed by atoms with Crippen LogP contribution in [0.4, 0.5) is 15.0 Å². The van der Waals surface area contributed by atoms with Crippen LogP contribution in [-0.2, 0) is 6.61 Å². The van der Waals surface area contributed by atoms with E-state index >= 15 is 0 Å². The highest BCUT2D eigenvalue weighted by Crippen LogP contribution is 2.27. The summed E-state index contributed by atoms with van der Waals surface area (Å²) in [5, 5.41) is 5.73. The van der Waals surface area contributed by atoms with Crippen LogP contribution < -0.4 is 15.4 Å². The zero-order chi connectivity index (χ0) is 20.1. The Morgan fingerprint density at radius 3 is 2.41 bits per heavy atom. The van der Waals surface area contributed by atoms with Crippen molar-refractivity contribution in [3.05, 3.63) is 54.0 Å². The average molecular weight is 373 g/mol. The third-order valence-corrected chi connectivity index (χ3v) is 3.73. The molecule has 2 amide bonds. The van der Waals surface area contributed by atoms with Gasteiger partial charge in [-0.1, -0.05) is 32.9 Å². The predicted molar refractivity (Wildman–Crippen MR) is 105 cm³/mol. The third-order valence-electron chi connectivity index (χ3n) is 3.73. The fraction of sp³-hybridized carbons (Fsp3) is 0.429. The summed E-state index contributed by atoms with van der Waals surface area (Å²) < 4.78 is 18.7. The van der Waals surface area contributed by atoms with Crippen LogP contribution in [0.3, 0.4) is 0 Å². The number of halogens is 1. The molecule has 2 N–H and O–H groups in total. The van der Waals surface area contributed by atoms with Crippen LogP contribution in [0.25, 0.3) is 0 Å². The standard InChI is InChI=1S/C21H28FN3O2/c1-20(2,3)14-21(4,5)25-19(26)24-18-17(7-6-12-23-18)27-13-15-8-10-16(22)11-9-15/h6-12H,13-14H2,1-5H3,(H2,23,24,25,26). The number of anilines is 1. The van der Waals surface area contributed by atoms with Gasteiger partial charge in [0.25, 0.3) is 0 Å². The number of aromatic nitrogens is 1. The molecule has 0 unspecified atom stereocenters. The van der Waals surface area contributed by atoms with E-state index in [0.29, 0.717) is 11.6 Å². The van der Waals surface area contributed by atoms with E-state index in [4.69, 9.17) is 4.74 Å². The highest BCUT2D eigenvalue weighted by molar-refractivity contribution is 5.90. The first kappa shape index (κ1) is 20.7. The molecular weight excluding hydrogens is 345 g/mol. The predicted octanol–water partition coefficient (Wildman–Crippen LogP) is 5.14. The molecule has 0 saturated carbocycles. The van der Waals surface area contributed by atoms with Crippen LogP contribution in [0.5, 0.6) is 5.75 Å². The number of hydrogen-bond donors (Lipinski definition) is 2. The number of nitrogens with one attached hydrogen (secondary N) is 2. The molecule has 2 rings (SSSR count). The normalized spacial score (nSPS) is 11.8. The van der Waals surface area contributed by atoms with Crippen LogP contribution in [0.2, 0.25) is 0 Å². The van der Waals surface area contributed by atoms with Gasteiger partial charge in [0, 0.05) is 11.7 Å². The molecule has 0 saturated heterocycles. The van der Waals surface area contributed by atoms with Crippen LogP contribution in [0, 0.1) is 11.2 Å². The van der Waals surface area contributed by atoms with E-state index in [9.17, 15) is 9.18 Å². The highest BCUT2D eigenvalue weighted by atomic mass is 19.1. The Bertz CT molecular complexity index is 768. The smallest absolute Gasteiger partial charge is 0.320 e. The van der Waals surface area contributed by atoms with Crippen molar-refractivity contribution in [1.29, 1.82) is 0 Å². The van der Waals surface area contributed by atoms with Gasteiger partial charge in [0.05, 0.1) is 0 Å². The van der Waals surface area contributed by atoms with Crippen molar-refractivity contribution >= 4 is 11.8 Å². The number of rotatable bonds is 6. The van der Waals surface area contributed by atoms with Gasteiger partial charge >= 0.3 is 6.03 Å². The lowest BCUT2D eigenvalue weighted by atomic mass is 9.82. The molecule has 0 atom stereocenters. The number of urea groups is 1. The maximum atomic E-state index is 13.0. The SMILES string of the molecule is CC(C)(C)CC(C)(C)NC(=O)Nc1ncccc1OCc1ccc(F)cc1. The third kappa shape index (κ3) is 7.25. The summed E-state index contributed by atoms with van der Waals surface area (Å²) in [6.07, 6.45) is 2.41. The first-order chi connectivity index (χ1) is 12.5. The van der Waals surface area contributed by atoms with Crippen LogP contribution >= 0.6 is 0 Å². The molecule has 5 nitrogen and oxygen atoms in total. The Morgan fingerprint density at radius 1 is 1.11 bits per heavy atom. The molecule has 2 aromatic rings. The van der Waals surface area contributed by atoms with Crippen LogP contribution in [0.1, 0.15) is 46.6 Å². The number of benzene rings is 1. The van der Waals surface area contributed by atoms with Gasteiger partial charge in [-0.3, -0.25) is 5.32 Å². The molecule has 1 aromatic heterocycles. The van der Waals surface area contributed by atoms with Gasteiger partial charge in [0.15, 0.2) is 11.6 Å². The summed E-state index contributed by atoms with van der Waals surface area (Å²) in [7, 11) is 0. The van der Waals surface area contributed by atoms with Crippen molar-refractivity contribution in [2.75, 3.05) is 5.32 Å². The van der Waals surface area contributed by atoms with E-state index in [1.807, 2.05) is 13.8 Å². The van der Waals surface area contributed by atoms with E-state index < -0.39 is 0 Å². The number of carbonyl (C=O) groups is 1. The summed E-state index contributed by atoms with van der Waals surface area (Å²) in [6.45, 7) is 10.6. The fourth-order valence-corrected chi connectivity index (χ4v) is 3.16. The molecule has 1 heterocycles. The zero-order valence-corrected chi connectivity index (χ0v) is 16.6. The molecular formula is C21H28FN3O2. The number of carbonyl (C=O) groups excluding carboxylic acids is 1. The number of hydrogen-bond acceptors (Lipinski definition) is 3. The summed E-state index contributed by atoms with van der Waals surface area (Å²) >= 11 is 0. The summed E-state index contributed by atoms with van der Waals surface area (Å²) in [4.78, 5) is 16.6. The Hall–Kier alpha value is -2.63. The van der Waals surface area contributed by atoms with E-state index in [1.165, 1.54) is 12.1 Å². The number of amides is 2. The minimum absolute atomic E-state index is 0.0885. The number of ether oxygens (including phenoxy) is 1. The summed E-state index contributed by atoms with van der Waals surface area (Å²) in [5.41, 5.74) is 0.541. The molecule has 27 heavy (non-hydrogen) atoms. The molecule has 0 fully saturated rings. The Balaban J connectivity index is 2.00. The van der Waals surface area contributed by atoms with Crippen LogP contribution in [0.15, 0.2) is 42.6 Å². The van der Waals surface area contributed by atoms with Crippen molar-refractivity contribution in [2.45, 2.75) is 53.2 Å². The van der Waals surface area contributed by atoms with E-state index in [0.717, 1.165) is 12.0 Å². The quantitative estimate of drug-likeness (QED) is 0.737. The van der Waals surface area contributed by atoms with Gasteiger partial charge in [0.2, 0.25) is 0 Å². The monoisotopic (exact) mass is 373 g/mol. The maximum Gasteiger partial charge on any atom is 0.320 e. The van der Waals surface area contributed by atoms with Crippen LogP contribution in [-0.4, -0.2) is 16.6 Å². The van der Waals surface area contributed by atoms with E-state index in [2.05, 4.69) is 36.4 Å². The van der Waals surface area contributed by atoms with Crippen molar-refractivity contribution < 1.29 is 13.9 Å². The summed E-state index contributed by atoms with van der Waals surface area (Å²) in [6, 6.07) is 9.19. The molecule has 0 bridgehead atoms. The molecule has 0 radical (unpaired) electrons. The van der Waals surface area contributed by atoms with Crippen molar-refractivity contribution in [3.8, 4) is 5.75 Å². The van der Waals surface area contributed by atoms with Gasteiger partial charge in [-0.05, 0) is 55.5 Å². The second-order valence-electron chi connectivity index (χ2n) is 8.47. The Kier molecular flexibility index (Phi) is 6.41. The maximum absolute atomic E-state index is 13.0. The second-order valence-corrected chi connectivity index (χ2v) is 8.47. The van der Waals surface area contributed by atoms with Gasteiger partial charge < -0.3 is 10.1 Å². The first-order valence-electron chi connectivity index (χ1n) is 8.96. The van der Waals surface area contributed by atoms with Gasteiger partial charge in [-0.25, -0.2) is 14.2 Å². The lowest BCUT2D eigenvalue weighted by Crippen LogP contribution is -2.47. The largest absolute Gasteiger partial charge is 0.485 e. The molecule has 6 heteroatoms. The topological polar surface area (TPSA) is 63.2 Å². The fourth-order valence-electron chi connectivity index (χ4n) is 3.16. The molecule has 146 valence electrons. The Morgan fingerprint density at radius 2 is 1.78 bits per heavy atom. The lowest BCUT2D eigenvalue weighted by Gasteiger charge is -2.33. The average Bonchev–Trinajstić information content (AvgIpc) is 2.52. The minimum atomic E-state index is -0.369. The molecule has 1 aromatic carbocycles. The lowest BCUT2D eigenvalue weighted by molar-refractivity contribution is 0.220. The number of pyridine rings is 1. The van der Waals surface area contributed by atoms with Gasteiger partial charge in [0.1, 0.15) is 12.4 Å².